The molecule has 37 heavy (non-hydrogen) atoms. The zero-order valence-electron chi connectivity index (χ0n) is 19.7. The molecule has 1 spiro atoms. The summed E-state index contributed by atoms with van der Waals surface area (Å²) in [6, 6.07) is 10.1. The Balaban J connectivity index is 1.48. The van der Waals surface area contributed by atoms with Crippen molar-refractivity contribution in [1.29, 1.82) is 5.26 Å². The summed E-state index contributed by atoms with van der Waals surface area (Å²) in [7, 11) is 0. The smallest absolute Gasteiger partial charge is 0.416 e. The summed E-state index contributed by atoms with van der Waals surface area (Å²) in [5, 5.41) is 9.04. The third-order valence-electron chi connectivity index (χ3n) is 7.26. The average molecular weight is 511 g/mol. The van der Waals surface area contributed by atoms with Gasteiger partial charge in [-0.2, -0.15) is 18.4 Å². The van der Waals surface area contributed by atoms with Gasteiger partial charge in [-0.25, -0.2) is 9.37 Å². The third kappa shape index (κ3) is 4.28. The maximum Gasteiger partial charge on any atom is 0.416 e. The number of hydrogen-bond acceptors (Lipinski definition) is 5. The predicted octanol–water partition coefficient (Wildman–Crippen LogP) is 5.41. The lowest BCUT2D eigenvalue weighted by Gasteiger charge is -2.56. The molecule has 1 aliphatic heterocycles. The van der Waals surface area contributed by atoms with Crippen molar-refractivity contribution in [2.24, 2.45) is 0 Å². The molecule has 1 unspecified atom stereocenters. The van der Waals surface area contributed by atoms with Crippen LogP contribution in [-0.2, 0) is 22.3 Å². The molecular weight excluding hydrogens is 490 g/mol. The Hall–Kier alpha value is -4.00. The van der Waals surface area contributed by atoms with Crippen molar-refractivity contribution < 1.29 is 31.6 Å². The number of rotatable bonds is 4. The van der Waals surface area contributed by atoms with Crippen LogP contribution in [0.2, 0.25) is 0 Å². The zero-order valence-corrected chi connectivity index (χ0v) is 19.7. The number of benzene rings is 2. The van der Waals surface area contributed by atoms with Crippen LogP contribution in [0, 0.1) is 24.1 Å². The number of nitrogens with zero attached hydrogens (tertiary/aromatic N) is 3. The largest absolute Gasteiger partial charge is 0.446 e. The van der Waals surface area contributed by atoms with Gasteiger partial charge in [0.05, 0.1) is 29.3 Å². The Bertz CT molecular complexity index is 1420. The quantitative estimate of drug-likeness (QED) is 0.437. The normalized spacial score (nSPS) is 23.7. The number of amides is 1. The van der Waals surface area contributed by atoms with Crippen molar-refractivity contribution >= 4 is 11.7 Å². The van der Waals surface area contributed by atoms with E-state index >= 15 is 0 Å². The highest BCUT2D eigenvalue weighted by atomic mass is 19.4. The molecule has 6 nitrogen and oxygen atoms in total. The summed E-state index contributed by atoms with van der Waals surface area (Å²) in [5.41, 5.74) is -1.52. The first-order chi connectivity index (χ1) is 17.5. The van der Waals surface area contributed by atoms with E-state index in [9.17, 15) is 27.2 Å². The molecule has 0 radical (unpaired) electrons. The Kier molecular flexibility index (Phi) is 5.89. The topological polar surface area (TPSA) is 87.2 Å². The van der Waals surface area contributed by atoms with E-state index in [-0.39, 0.29) is 48.6 Å². The highest BCUT2D eigenvalue weighted by Gasteiger charge is 2.61. The fourth-order valence-electron chi connectivity index (χ4n) is 5.34. The number of ketones is 1. The molecule has 1 aliphatic carbocycles. The molecule has 2 aliphatic rings. The lowest BCUT2D eigenvalue weighted by atomic mass is 9.59. The Morgan fingerprint density at radius 2 is 1.86 bits per heavy atom. The molecule has 0 N–H and O–H groups in total. The lowest BCUT2D eigenvalue weighted by molar-refractivity contribution is -0.164. The molecule has 1 saturated carbocycles. The van der Waals surface area contributed by atoms with E-state index in [1.165, 1.54) is 29.2 Å². The third-order valence-corrected chi connectivity index (χ3v) is 7.26. The number of Topliss-reactive ketones (excluding diaryl/α,β-unsaturated/α-hetero) is 1. The summed E-state index contributed by atoms with van der Waals surface area (Å²) < 4.78 is 59.5. The number of hydrogen-bond donors (Lipinski definition) is 0. The van der Waals surface area contributed by atoms with E-state index in [0.717, 1.165) is 18.2 Å². The van der Waals surface area contributed by atoms with E-state index in [1.807, 2.05) is 6.07 Å². The summed E-state index contributed by atoms with van der Waals surface area (Å²) in [5.74, 6) is -1.75. The highest BCUT2D eigenvalue weighted by molar-refractivity contribution is 6.04. The SMILES string of the molecule is Cc1cnc(C2CC3(C2)C(=O)C(c2ccc(C#N)cc2F)CC(=O)N3Cc2ccc(C(F)(F)F)cc2)o1. The van der Waals surface area contributed by atoms with Crippen LogP contribution in [0.15, 0.2) is 53.1 Å². The number of aromatic nitrogens is 1. The van der Waals surface area contributed by atoms with Crippen LogP contribution in [0.4, 0.5) is 17.6 Å². The average Bonchev–Trinajstić information content (AvgIpc) is 3.26. The summed E-state index contributed by atoms with van der Waals surface area (Å²) in [6.07, 6.45) is -2.82. The van der Waals surface area contributed by atoms with Gasteiger partial charge in [-0.1, -0.05) is 18.2 Å². The molecule has 1 aromatic heterocycles. The highest BCUT2D eigenvalue weighted by Crippen LogP contribution is 2.54. The number of alkyl halides is 3. The minimum atomic E-state index is -4.50. The number of piperidine rings is 1. The van der Waals surface area contributed by atoms with Crippen LogP contribution in [-0.4, -0.2) is 27.1 Å². The van der Waals surface area contributed by atoms with Crippen molar-refractivity contribution in [3.8, 4) is 6.07 Å². The van der Waals surface area contributed by atoms with E-state index < -0.39 is 34.9 Å². The molecule has 5 rings (SSSR count). The Morgan fingerprint density at radius 1 is 1.16 bits per heavy atom. The monoisotopic (exact) mass is 511 g/mol. The van der Waals surface area contributed by atoms with Crippen molar-refractivity contribution in [2.45, 2.75) is 56.3 Å². The van der Waals surface area contributed by atoms with Crippen LogP contribution < -0.4 is 0 Å². The van der Waals surface area contributed by atoms with E-state index in [1.54, 1.807) is 13.1 Å². The fraction of sp³-hybridized carbons (Fsp3) is 0.333. The van der Waals surface area contributed by atoms with E-state index in [0.29, 0.717) is 17.2 Å². The first kappa shape index (κ1) is 24.7. The zero-order chi connectivity index (χ0) is 26.5. The van der Waals surface area contributed by atoms with Gasteiger partial charge >= 0.3 is 6.18 Å². The van der Waals surface area contributed by atoms with Crippen LogP contribution in [0.25, 0.3) is 0 Å². The maximum absolute atomic E-state index is 14.9. The van der Waals surface area contributed by atoms with E-state index in [4.69, 9.17) is 9.68 Å². The fourth-order valence-corrected chi connectivity index (χ4v) is 5.34. The predicted molar refractivity (Wildman–Crippen MR) is 121 cm³/mol. The number of nitriles is 1. The van der Waals surface area contributed by atoms with Gasteiger partial charge in [-0.15, -0.1) is 0 Å². The van der Waals surface area contributed by atoms with Crippen LogP contribution in [0.3, 0.4) is 0 Å². The minimum Gasteiger partial charge on any atom is -0.446 e. The first-order valence-electron chi connectivity index (χ1n) is 11.6. The molecule has 2 aromatic carbocycles. The number of halogens is 4. The second-order valence-corrected chi connectivity index (χ2v) is 9.59. The molecule has 1 amide bonds. The molecule has 1 saturated heterocycles. The Morgan fingerprint density at radius 3 is 2.43 bits per heavy atom. The molecule has 2 heterocycles. The molecule has 0 bridgehead atoms. The number of oxazole rings is 1. The van der Waals surface area contributed by atoms with Gasteiger partial charge in [0.1, 0.15) is 17.1 Å². The number of carbonyl (C=O) groups is 2. The van der Waals surface area contributed by atoms with E-state index in [2.05, 4.69) is 4.98 Å². The molecular formula is C27H21F4N3O3. The molecule has 3 aromatic rings. The Labute approximate surface area is 209 Å². The van der Waals surface area contributed by atoms with Gasteiger partial charge < -0.3 is 9.32 Å². The standard InChI is InChI=1S/C27H21F4N3O3/c1-15-13-33-25(37-15)18-10-26(11-18)24(36)21(20-7-4-17(12-32)8-22(20)28)9-23(35)34(26)14-16-2-5-19(6-3-16)27(29,30)31/h2-8,13,18,21H,9-11,14H2,1H3. The number of likely N-dealkylation sites (tertiary alicyclic amines) is 1. The van der Waals surface area contributed by atoms with Crippen LogP contribution >= 0.6 is 0 Å². The summed E-state index contributed by atoms with van der Waals surface area (Å²) in [6.45, 7) is 1.67. The number of aryl methyl sites for hydroxylation is 1. The molecule has 190 valence electrons. The van der Waals surface area contributed by atoms with Gasteiger partial charge in [0.25, 0.3) is 0 Å². The van der Waals surface area contributed by atoms with Gasteiger partial charge in [0.15, 0.2) is 11.7 Å². The molecule has 1 atom stereocenters. The second-order valence-electron chi connectivity index (χ2n) is 9.59. The number of carbonyl (C=O) groups excluding carboxylic acids is 2. The van der Waals surface area contributed by atoms with Gasteiger partial charge in [-0.3, -0.25) is 9.59 Å². The first-order valence-corrected chi connectivity index (χ1v) is 11.6. The van der Waals surface area contributed by atoms with Gasteiger partial charge in [0, 0.05) is 18.9 Å². The summed E-state index contributed by atoms with van der Waals surface area (Å²) >= 11 is 0. The van der Waals surface area contributed by atoms with Crippen molar-refractivity contribution in [3.63, 3.8) is 0 Å². The minimum absolute atomic E-state index is 0.0429. The molecule has 2 fully saturated rings. The van der Waals surface area contributed by atoms with Gasteiger partial charge in [0.2, 0.25) is 5.91 Å². The van der Waals surface area contributed by atoms with Gasteiger partial charge in [-0.05, 0) is 55.2 Å². The van der Waals surface area contributed by atoms with Crippen molar-refractivity contribution in [2.75, 3.05) is 0 Å². The lowest BCUT2D eigenvalue weighted by Crippen LogP contribution is -2.67. The second kappa shape index (κ2) is 8.83. The van der Waals surface area contributed by atoms with Crippen LogP contribution in [0.1, 0.15) is 65.0 Å². The van der Waals surface area contributed by atoms with Crippen molar-refractivity contribution in [3.05, 3.63) is 88.4 Å². The van der Waals surface area contributed by atoms with Crippen molar-refractivity contribution in [1.82, 2.24) is 9.88 Å². The van der Waals surface area contributed by atoms with Crippen LogP contribution in [0.5, 0.6) is 0 Å². The summed E-state index contributed by atoms with van der Waals surface area (Å²) in [4.78, 5) is 33.0. The molecule has 10 heteroatoms. The maximum atomic E-state index is 14.9.